The Hall–Kier alpha value is -2.60. The number of aliphatic hydroxyl groups excluding tert-OH is 1. The number of nitrogens with zero attached hydrogens (tertiary/aromatic N) is 1. The topological polar surface area (TPSA) is 66.8 Å². The van der Waals surface area contributed by atoms with Gasteiger partial charge in [-0.15, -0.1) is 0 Å². The number of benzene rings is 2. The molecule has 1 amide bonds. The minimum Gasteiger partial charge on any atom is -0.507 e. The van der Waals surface area contributed by atoms with Gasteiger partial charge in [-0.05, 0) is 24.6 Å². The molecule has 1 unspecified atom stereocenters. The van der Waals surface area contributed by atoms with Gasteiger partial charge in [-0.1, -0.05) is 59.6 Å². The van der Waals surface area contributed by atoms with Crippen molar-refractivity contribution in [3.63, 3.8) is 0 Å². The lowest BCUT2D eigenvalue weighted by molar-refractivity contribution is -0.139. The van der Waals surface area contributed by atoms with Crippen molar-refractivity contribution in [2.75, 3.05) is 13.7 Å². The molecule has 0 saturated carbocycles. The Morgan fingerprint density at radius 2 is 1.82 bits per heavy atom. The maximum atomic E-state index is 12.9. The minimum atomic E-state index is -0.689. The molecule has 1 heterocycles. The van der Waals surface area contributed by atoms with Gasteiger partial charge in [0.25, 0.3) is 11.7 Å². The zero-order valence-electron chi connectivity index (χ0n) is 15.8. The van der Waals surface area contributed by atoms with Crippen molar-refractivity contribution in [3.05, 3.63) is 69.7 Å². The number of hydrogen-bond donors (Lipinski definition) is 1. The van der Waals surface area contributed by atoms with E-state index in [9.17, 15) is 14.7 Å². The summed E-state index contributed by atoms with van der Waals surface area (Å²) in [4.78, 5) is 27.2. The van der Waals surface area contributed by atoms with E-state index in [2.05, 4.69) is 15.9 Å². The van der Waals surface area contributed by atoms with E-state index < -0.39 is 17.7 Å². The number of para-hydroxylation sites is 1. The molecule has 28 heavy (non-hydrogen) atoms. The van der Waals surface area contributed by atoms with E-state index in [1.54, 1.807) is 37.4 Å². The van der Waals surface area contributed by atoms with Crippen LogP contribution in [0.15, 0.2) is 58.6 Å². The number of aliphatic hydroxyl groups is 1. The first-order valence-electron chi connectivity index (χ1n) is 9.16. The van der Waals surface area contributed by atoms with Crippen molar-refractivity contribution < 1.29 is 19.4 Å². The Bertz CT molecular complexity index is 920. The maximum Gasteiger partial charge on any atom is 0.295 e. The third kappa shape index (κ3) is 3.69. The van der Waals surface area contributed by atoms with Gasteiger partial charge in [-0.25, -0.2) is 0 Å². The van der Waals surface area contributed by atoms with Gasteiger partial charge in [-0.3, -0.25) is 9.59 Å². The number of ether oxygens (including phenoxy) is 1. The standard InChI is InChI=1S/C22H22BrNO4/c1-3-4-13-24-19(16-7-5-6-8-17(16)28-2)18(21(26)22(24)27)20(25)14-9-11-15(23)12-10-14/h5-12,19,25H,3-4,13H2,1-2H3/b20-18-. The lowest BCUT2D eigenvalue weighted by Gasteiger charge is -2.26. The number of rotatable bonds is 6. The molecular formula is C22H22BrNO4. The van der Waals surface area contributed by atoms with Crippen LogP contribution in [0.3, 0.4) is 0 Å². The first kappa shape index (κ1) is 20.1. The van der Waals surface area contributed by atoms with Crippen LogP contribution < -0.4 is 4.74 Å². The van der Waals surface area contributed by atoms with E-state index >= 15 is 0 Å². The molecule has 5 nitrogen and oxygen atoms in total. The van der Waals surface area contributed by atoms with E-state index in [0.29, 0.717) is 23.4 Å². The predicted molar refractivity (Wildman–Crippen MR) is 111 cm³/mol. The molecule has 2 aromatic carbocycles. The summed E-state index contributed by atoms with van der Waals surface area (Å²) in [6.07, 6.45) is 1.64. The second kappa shape index (κ2) is 8.61. The zero-order valence-corrected chi connectivity index (χ0v) is 17.4. The van der Waals surface area contributed by atoms with Gasteiger partial charge in [0.05, 0.1) is 18.7 Å². The predicted octanol–water partition coefficient (Wildman–Crippen LogP) is 4.68. The van der Waals surface area contributed by atoms with E-state index in [1.165, 1.54) is 4.90 Å². The largest absolute Gasteiger partial charge is 0.507 e. The first-order valence-corrected chi connectivity index (χ1v) is 9.96. The van der Waals surface area contributed by atoms with Crippen LogP contribution in [0.5, 0.6) is 5.75 Å². The van der Waals surface area contributed by atoms with Gasteiger partial charge in [0.2, 0.25) is 0 Å². The van der Waals surface area contributed by atoms with Crippen molar-refractivity contribution in [2.24, 2.45) is 0 Å². The molecule has 0 spiro atoms. The van der Waals surface area contributed by atoms with Crippen LogP contribution in [0.1, 0.15) is 36.9 Å². The summed E-state index contributed by atoms with van der Waals surface area (Å²) in [6, 6.07) is 13.5. The number of carbonyl (C=O) groups excluding carboxylic acids is 2. The van der Waals surface area contributed by atoms with Crippen molar-refractivity contribution in [2.45, 2.75) is 25.8 Å². The molecule has 1 aliphatic rings. The molecule has 1 N–H and O–H groups in total. The van der Waals surface area contributed by atoms with Crippen LogP contribution in [-0.2, 0) is 9.59 Å². The third-order valence-corrected chi connectivity index (χ3v) is 5.37. The van der Waals surface area contributed by atoms with Crippen molar-refractivity contribution in [1.29, 1.82) is 0 Å². The van der Waals surface area contributed by atoms with E-state index in [1.807, 2.05) is 25.1 Å². The fraction of sp³-hybridized carbons (Fsp3) is 0.273. The summed E-state index contributed by atoms with van der Waals surface area (Å²) in [7, 11) is 1.55. The highest BCUT2D eigenvalue weighted by Crippen LogP contribution is 2.42. The summed E-state index contributed by atoms with van der Waals surface area (Å²) in [5.74, 6) is -0.881. The molecule has 2 aromatic rings. The number of Topliss-reactive ketones (excluding diaryl/α,β-unsaturated/α-hetero) is 1. The first-order chi connectivity index (χ1) is 13.5. The molecule has 3 rings (SSSR count). The zero-order chi connectivity index (χ0) is 20.3. The lowest BCUT2D eigenvalue weighted by atomic mass is 9.94. The highest BCUT2D eigenvalue weighted by Gasteiger charge is 2.46. The molecule has 146 valence electrons. The van der Waals surface area contributed by atoms with Crippen LogP contribution in [0, 0.1) is 0 Å². The number of halogens is 1. The molecule has 6 heteroatoms. The summed E-state index contributed by atoms with van der Waals surface area (Å²) in [5.41, 5.74) is 1.25. The fourth-order valence-electron chi connectivity index (χ4n) is 3.42. The Morgan fingerprint density at radius 3 is 2.46 bits per heavy atom. The second-order valence-corrected chi connectivity index (χ2v) is 7.51. The molecule has 1 atom stereocenters. The molecule has 0 aliphatic carbocycles. The van der Waals surface area contributed by atoms with E-state index in [4.69, 9.17) is 4.74 Å². The Balaban J connectivity index is 2.20. The van der Waals surface area contributed by atoms with Crippen molar-refractivity contribution in [1.82, 2.24) is 4.90 Å². The lowest BCUT2D eigenvalue weighted by Crippen LogP contribution is -2.30. The summed E-state index contributed by atoms with van der Waals surface area (Å²) in [6.45, 7) is 2.46. The average Bonchev–Trinajstić information content (AvgIpc) is 2.96. The van der Waals surface area contributed by atoms with Crippen LogP contribution in [0.4, 0.5) is 0 Å². The third-order valence-electron chi connectivity index (χ3n) is 4.84. The number of carbonyl (C=O) groups is 2. The molecule has 0 radical (unpaired) electrons. The highest BCUT2D eigenvalue weighted by molar-refractivity contribution is 9.10. The number of hydrogen-bond acceptors (Lipinski definition) is 4. The summed E-state index contributed by atoms with van der Waals surface area (Å²) in [5, 5.41) is 11.0. The Kier molecular flexibility index (Phi) is 6.19. The SMILES string of the molecule is CCCCN1C(=O)C(=O)/C(=C(\O)c2ccc(Br)cc2)C1c1ccccc1OC. The Morgan fingerprint density at radius 1 is 1.14 bits per heavy atom. The highest BCUT2D eigenvalue weighted by atomic mass is 79.9. The average molecular weight is 444 g/mol. The van der Waals surface area contributed by atoms with Gasteiger partial charge in [0.15, 0.2) is 0 Å². The Labute approximate surface area is 172 Å². The van der Waals surface area contributed by atoms with Crippen molar-refractivity contribution in [3.8, 4) is 5.75 Å². The molecule has 1 saturated heterocycles. The van der Waals surface area contributed by atoms with Crippen LogP contribution in [0.2, 0.25) is 0 Å². The number of likely N-dealkylation sites (tertiary alicyclic amines) is 1. The number of methoxy groups -OCH3 is 1. The minimum absolute atomic E-state index is 0.0907. The van der Waals surface area contributed by atoms with Crippen LogP contribution in [-0.4, -0.2) is 35.4 Å². The monoisotopic (exact) mass is 443 g/mol. The quantitative estimate of drug-likeness (QED) is 0.399. The normalized spacial score (nSPS) is 18.5. The van der Waals surface area contributed by atoms with Gasteiger partial charge in [-0.2, -0.15) is 0 Å². The number of ketones is 1. The van der Waals surface area contributed by atoms with Crippen molar-refractivity contribution >= 4 is 33.4 Å². The number of unbranched alkanes of at least 4 members (excludes halogenated alkanes) is 1. The fourth-order valence-corrected chi connectivity index (χ4v) is 3.68. The van der Waals surface area contributed by atoms with Gasteiger partial charge < -0.3 is 14.7 Å². The van der Waals surface area contributed by atoms with Gasteiger partial charge in [0, 0.05) is 22.1 Å². The maximum absolute atomic E-state index is 12.9. The molecule has 1 fully saturated rings. The molecule has 0 aromatic heterocycles. The summed E-state index contributed by atoms with van der Waals surface area (Å²) < 4.78 is 6.33. The van der Waals surface area contributed by atoms with E-state index in [0.717, 1.165) is 17.3 Å². The van der Waals surface area contributed by atoms with Gasteiger partial charge in [0.1, 0.15) is 11.5 Å². The second-order valence-electron chi connectivity index (χ2n) is 6.59. The van der Waals surface area contributed by atoms with Crippen LogP contribution in [0.25, 0.3) is 5.76 Å². The molecule has 0 bridgehead atoms. The molecule has 1 aliphatic heterocycles. The van der Waals surface area contributed by atoms with Gasteiger partial charge >= 0.3 is 0 Å². The van der Waals surface area contributed by atoms with E-state index in [-0.39, 0.29) is 11.3 Å². The smallest absolute Gasteiger partial charge is 0.295 e. The van der Waals surface area contributed by atoms with Crippen LogP contribution >= 0.6 is 15.9 Å². The molecular weight excluding hydrogens is 422 g/mol. The number of amides is 1. The summed E-state index contributed by atoms with van der Waals surface area (Å²) >= 11 is 3.36.